The molecule has 2 aromatic carbocycles. The van der Waals surface area contributed by atoms with Crippen LogP contribution in [0.3, 0.4) is 0 Å². The number of rotatable bonds is 6. The molecule has 1 aromatic heterocycles. The third-order valence-corrected chi connectivity index (χ3v) is 6.99. The molecule has 40 heavy (non-hydrogen) atoms. The lowest BCUT2D eigenvalue weighted by molar-refractivity contribution is -0.122. The third kappa shape index (κ3) is 5.23. The van der Waals surface area contributed by atoms with Crippen molar-refractivity contribution < 1.29 is 29.7 Å². The smallest absolute Gasteiger partial charge is 0.248 e. The van der Waals surface area contributed by atoms with Gasteiger partial charge >= 0.3 is 0 Å². The second-order valence-electron chi connectivity index (χ2n) is 9.23. The van der Waals surface area contributed by atoms with Gasteiger partial charge in [-0.1, -0.05) is 35.6 Å². The summed E-state index contributed by atoms with van der Waals surface area (Å²) in [4.78, 5) is 34.4. The van der Waals surface area contributed by atoms with E-state index in [2.05, 4.69) is 42.5 Å². The molecule has 2 aliphatic heterocycles. The van der Waals surface area contributed by atoms with Crippen molar-refractivity contribution in [2.75, 3.05) is 49.8 Å². The molecule has 11 heteroatoms. The van der Waals surface area contributed by atoms with E-state index in [9.17, 15) is 14.0 Å². The van der Waals surface area contributed by atoms with Crippen LogP contribution in [0.5, 0.6) is 0 Å². The van der Waals surface area contributed by atoms with Crippen LogP contribution in [0.1, 0.15) is 23.0 Å². The predicted molar refractivity (Wildman–Crippen MR) is 150 cm³/mol. The Hall–Kier alpha value is -4.04. The number of amides is 2. The van der Waals surface area contributed by atoms with E-state index in [1.807, 2.05) is 0 Å². The average Bonchev–Trinajstić information content (AvgIpc) is 3.64. The van der Waals surface area contributed by atoms with E-state index >= 15 is 0 Å². The van der Waals surface area contributed by atoms with Crippen molar-refractivity contribution in [1.29, 1.82) is 0 Å². The molecule has 2 atom stereocenters. The topological polar surface area (TPSA) is 108 Å². The summed E-state index contributed by atoms with van der Waals surface area (Å²) in [6.07, 6.45) is 3.84. The van der Waals surface area contributed by atoms with Crippen molar-refractivity contribution in [3.05, 3.63) is 65.2 Å². The van der Waals surface area contributed by atoms with E-state index < -0.39 is 49.8 Å². The Morgan fingerprint density at radius 1 is 1.32 bits per heavy atom. The number of anilines is 3. The number of morpholine rings is 1. The van der Waals surface area contributed by atoms with E-state index in [1.54, 1.807) is 12.1 Å². The highest BCUT2D eigenvalue weighted by atomic mass is 35.5. The summed E-state index contributed by atoms with van der Waals surface area (Å²) in [6, 6.07) is 7.44. The van der Waals surface area contributed by atoms with Gasteiger partial charge in [0.1, 0.15) is 17.6 Å². The molecule has 2 amide bonds. The fraction of sp³-hybridized carbons (Fsp3) is 0.310. The van der Waals surface area contributed by atoms with Gasteiger partial charge in [0.15, 0.2) is 5.82 Å². The summed E-state index contributed by atoms with van der Waals surface area (Å²) < 4.78 is 83.0. The van der Waals surface area contributed by atoms with Gasteiger partial charge in [0.05, 0.1) is 46.1 Å². The number of aromatic nitrogens is 2. The first kappa shape index (κ1) is 18.3. The Balaban J connectivity index is 1.33. The molecular weight excluding hydrogens is 535 g/mol. The van der Waals surface area contributed by atoms with Gasteiger partial charge in [0.25, 0.3) is 0 Å². The number of hydrogen-bond donors (Lipinski definition) is 3. The van der Waals surface area contributed by atoms with Crippen LogP contribution in [-0.4, -0.2) is 65.9 Å². The van der Waals surface area contributed by atoms with Crippen molar-refractivity contribution in [3.63, 3.8) is 0 Å². The maximum atomic E-state index is 14.7. The minimum absolute atomic E-state index is 0.0302. The van der Waals surface area contributed by atoms with Crippen molar-refractivity contribution in [3.8, 4) is 11.8 Å². The zero-order valence-electron chi connectivity index (χ0n) is 28.6. The molecule has 2 saturated heterocycles. The number of carbonyl (C=O) groups excluding carboxylic acids is 2. The molecule has 1 saturated carbocycles. The van der Waals surface area contributed by atoms with Gasteiger partial charge in [0, 0.05) is 48.9 Å². The van der Waals surface area contributed by atoms with Crippen molar-refractivity contribution in [2.45, 2.75) is 6.42 Å². The number of halogens is 2. The largest absolute Gasteiger partial charge is 0.379 e. The summed E-state index contributed by atoms with van der Waals surface area (Å²) in [5.41, 5.74) is -0.00279. The minimum atomic E-state index is -3.23. The van der Waals surface area contributed by atoms with Crippen LogP contribution in [0.4, 0.5) is 21.6 Å². The Labute approximate surface area is 246 Å². The molecule has 0 radical (unpaired) electrons. The van der Waals surface area contributed by atoms with Crippen molar-refractivity contribution in [2.24, 2.45) is 11.3 Å². The number of hydrogen-bond acceptors (Lipinski definition) is 7. The summed E-state index contributed by atoms with van der Waals surface area (Å²) in [6.45, 7) is -12.9. The molecule has 0 unspecified atom stereocenters. The highest BCUT2D eigenvalue weighted by Gasteiger charge is 2.63. The maximum absolute atomic E-state index is 14.7. The van der Waals surface area contributed by atoms with Gasteiger partial charge < -0.3 is 20.7 Å². The summed E-state index contributed by atoms with van der Waals surface area (Å²) in [5.74, 6) is 4.59. The van der Waals surface area contributed by atoms with E-state index in [0.29, 0.717) is 28.8 Å². The first-order valence-corrected chi connectivity index (χ1v) is 12.5. The van der Waals surface area contributed by atoms with Crippen LogP contribution in [-0.2, 0) is 14.3 Å². The number of ether oxygens (including phenoxy) is 1. The molecule has 9 nitrogen and oxygen atoms in total. The van der Waals surface area contributed by atoms with Gasteiger partial charge in [-0.3, -0.25) is 14.5 Å². The van der Waals surface area contributed by atoms with Crippen LogP contribution < -0.4 is 16.0 Å². The molecule has 3 N–H and O–H groups in total. The predicted octanol–water partition coefficient (Wildman–Crippen LogP) is 3.48. The molecule has 3 fully saturated rings. The highest BCUT2D eigenvalue weighted by molar-refractivity contribution is 6.31. The number of carbonyl (C=O) groups is 2. The quantitative estimate of drug-likeness (QED) is 0.309. The van der Waals surface area contributed by atoms with Gasteiger partial charge in [-0.25, -0.2) is 14.4 Å². The Morgan fingerprint density at radius 2 is 2.17 bits per heavy atom. The van der Waals surface area contributed by atoms with Crippen LogP contribution in [0.2, 0.25) is 5.02 Å². The Morgan fingerprint density at radius 3 is 2.95 bits per heavy atom. The standard InChI is InChI=1S/C29H26ClFN6O3/c30-21-3-1-4-22(26(21)31)36-27-20-14-23(35-25(38)5-2-8-37-9-11-40-12-10-37)18(13-24(20)33-17-34-27)6-7-29-15-19(29)16-32-28(29)39/h1-5,13-14,17,19H,8-12,15-16H2,(H,32,39)(H,35,38)(H,33,34,36)/b5-2+/t19-,29-/m1/s1/i9D2,10D2,11D2,12D2. The first-order valence-electron chi connectivity index (χ1n) is 16.2. The van der Waals surface area contributed by atoms with E-state index in [-0.39, 0.29) is 39.6 Å². The normalized spacial score (nSPS) is 29.9. The lowest BCUT2D eigenvalue weighted by atomic mass is 10.0. The van der Waals surface area contributed by atoms with Gasteiger partial charge in [-0.05, 0) is 30.7 Å². The number of fused-ring (bicyclic) bond motifs is 2. The second kappa shape index (κ2) is 10.8. The first-order chi connectivity index (χ1) is 22.4. The van der Waals surface area contributed by atoms with Crippen LogP contribution >= 0.6 is 11.6 Å². The summed E-state index contributed by atoms with van der Waals surface area (Å²) in [5, 5.41) is 8.54. The average molecular weight is 569 g/mol. The molecule has 0 bridgehead atoms. The third-order valence-electron chi connectivity index (χ3n) is 6.70. The van der Waals surface area contributed by atoms with Crippen molar-refractivity contribution in [1.82, 2.24) is 20.2 Å². The van der Waals surface area contributed by atoms with E-state index in [4.69, 9.17) is 22.6 Å². The number of nitrogens with zero attached hydrogens (tertiary/aromatic N) is 3. The van der Waals surface area contributed by atoms with E-state index in [1.165, 1.54) is 24.5 Å². The number of benzene rings is 2. The maximum Gasteiger partial charge on any atom is 0.248 e. The fourth-order valence-corrected chi connectivity index (χ4v) is 4.67. The lowest BCUT2D eigenvalue weighted by Gasteiger charge is -2.25. The van der Waals surface area contributed by atoms with Crippen LogP contribution in [0.15, 0.2) is 48.8 Å². The summed E-state index contributed by atoms with van der Waals surface area (Å²) >= 11 is 5.93. The molecule has 6 rings (SSSR count). The number of piperidine rings is 1. The molecule has 204 valence electrons. The van der Waals surface area contributed by atoms with E-state index in [0.717, 1.165) is 12.2 Å². The SMILES string of the molecule is [2H]C1([2H])OC([2H])([2H])C([2H])([2H])N(C/C=C/C(=O)Nc2cc3c(Nc4cccc(Cl)c4F)ncnc3cc2C#C[C@@]23C[C@@H]2CNC3=O)C1([2H])[2H]. The van der Waals surface area contributed by atoms with Crippen molar-refractivity contribution >= 4 is 51.5 Å². The fourth-order valence-electron chi connectivity index (χ4n) is 4.49. The Bertz CT molecular complexity index is 1930. The zero-order chi connectivity index (χ0) is 34.9. The number of nitrogens with one attached hydrogen (secondary N) is 3. The van der Waals surface area contributed by atoms with Crippen LogP contribution in [0, 0.1) is 29.0 Å². The van der Waals surface area contributed by atoms with Gasteiger partial charge in [-0.2, -0.15) is 0 Å². The molecular formula is C29H26ClFN6O3. The minimum Gasteiger partial charge on any atom is -0.379 e. The van der Waals surface area contributed by atoms with Gasteiger partial charge in [-0.15, -0.1) is 0 Å². The monoisotopic (exact) mass is 568 g/mol. The molecule has 3 aliphatic rings. The molecule has 0 spiro atoms. The molecule has 3 heterocycles. The highest BCUT2D eigenvalue weighted by Crippen LogP contribution is 2.55. The molecule has 3 aromatic rings. The Kier molecular flexibility index (Phi) is 4.97. The summed E-state index contributed by atoms with van der Waals surface area (Å²) in [7, 11) is 0. The lowest BCUT2D eigenvalue weighted by Crippen LogP contribution is -2.36. The zero-order valence-corrected chi connectivity index (χ0v) is 21.4. The van der Waals surface area contributed by atoms with Crippen LogP contribution in [0.25, 0.3) is 10.9 Å². The second-order valence-corrected chi connectivity index (χ2v) is 9.64. The molecule has 1 aliphatic carbocycles. The van der Waals surface area contributed by atoms with Gasteiger partial charge in [0.2, 0.25) is 11.8 Å².